The first-order valence-electron chi connectivity index (χ1n) is 7.99. The zero-order valence-corrected chi connectivity index (χ0v) is 16.1. The number of hydrogen-bond donors (Lipinski definition) is 1. The Bertz CT molecular complexity index is 1130. The number of pyridine rings is 1. The minimum absolute atomic E-state index is 0.347. The second-order valence-electron chi connectivity index (χ2n) is 5.68. The summed E-state index contributed by atoms with van der Waals surface area (Å²) in [7, 11) is 3.18. The number of benzene rings is 1. The predicted octanol–water partition coefficient (Wildman–Crippen LogP) is 4.31. The molecular weight excluding hydrogens is 412 g/mol. The standard InChI is InChI=1S/C19H15BrN4O3/c1-25-15-7-10(6-12(20)17(15)26-2)11-8-13(14-4-3-5-27-14)24-19-16(11)18(21)22-9-23-19/h3-9H,1-2H3,(H2,21,22,23,24). The number of nitrogen functional groups attached to an aromatic ring is 1. The molecule has 3 heterocycles. The van der Waals surface area contributed by atoms with Gasteiger partial charge in [0.25, 0.3) is 0 Å². The Kier molecular flexibility index (Phi) is 4.41. The monoisotopic (exact) mass is 426 g/mol. The molecule has 0 saturated carbocycles. The van der Waals surface area contributed by atoms with Gasteiger partial charge in [-0.15, -0.1) is 0 Å². The Morgan fingerprint density at radius 2 is 1.96 bits per heavy atom. The van der Waals surface area contributed by atoms with E-state index in [2.05, 4.69) is 30.9 Å². The number of halogens is 1. The number of nitrogens with zero attached hydrogens (tertiary/aromatic N) is 3. The van der Waals surface area contributed by atoms with Crippen LogP contribution in [0.2, 0.25) is 0 Å². The minimum atomic E-state index is 0.347. The molecule has 3 aromatic heterocycles. The highest BCUT2D eigenvalue weighted by atomic mass is 79.9. The summed E-state index contributed by atoms with van der Waals surface area (Å²) in [4.78, 5) is 13.0. The van der Waals surface area contributed by atoms with E-state index < -0.39 is 0 Å². The molecule has 2 N–H and O–H groups in total. The fraction of sp³-hybridized carbons (Fsp3) is 0.105. The fourth-order valence-corrected chi connectivity index (χ4v) is 3.54. The second-order valence-corrected chi connectivity index (χ2v) is 6.54. The second kappa shape index (κ2) is 6.88. The molecule has 0 aliphatic carbocycles. The molecule has 0 spiro atoms. The SMILES string of the molecule is COc1cc(-c2cc(-c3ccco3)nc3ncnc(N)c23)cc(Br)c1OC. The van der Waals surface area contributed by atoms with E-state index in [-0.39, 0.29) is 0 Å². The lowest BCUT2D eigenvalue weighted by molar-refractivity contribution is 0.353. The number of nitrogens with two attached hydrogens (primary N) is 1. The summed E-state index contributed by atoms with van der Waals surface area (Å²) in [6.45, 7) is 0. The highest BCUT2D eigenvalue weighted by Gasteiger charge is 2.18. The van der Waals surface area contributed by atoms with Gasteiger partial charge in [0, 0.05) is 0 Å². The van der Waals surface area contributed by atoms with E-state index in [9.17, 15) is 0 Å². The smallest absolute Gasteiger partial charge is 0.174 e. The number of aromatic nitrogens is 3. The molecule has 0 saturated heterocycles. The van der Waals surface area contributed by atoms with Crippen LogP contribution in [0.15, 0.2) is 51.8 Å². The Balaban J connectivity index is 2.05. The summed E-state index contributed by atoms with van der Waals surface area (Å²) in [5.74, 6) is 2.17. The number of hydrogen-bond acceptors (Lipinski definition) is 7. The molecule has 27 heavy (non-hydrogen) atoms. The number of rotatable bonds is 4. The molecule has 136 valence electrons. The van der Waals surface area contributed by atoms with Crippen molar-refractivity contribution < 1.29 is 13.9 Å². The van der Waals surface area contributed by atoms with Gasteiger partial charge in [-0.2, -0.15) is 0 Å². The maximum Gasteiger partial charge on any atom is 0.174 e. The maximum absolute atomic E-state index is 6.15. The normalized spacial score (nSPS) is 10.9. The van der Waals surface area contributed by atoms with Crippen molar-refractivity contribution >= 4 is 32.8 Å². The zero-order chi connectivity index (χ0) is 19.0. The van der Waals surface area contributed by atoms with Gasteiger partial charge in [-0.05, 0) is 57.4 Å². The third-order valence-electron chi connectivity index (χ3n) is 4.15. The third kappa shape index (κ3) is 2.97. The molecule has 0 amide bonds. The zero-order valence-electron chi connectivity index (χ0n) is 14.6. The van der Waals surface area contributed by atoms with Crippen molar-refractivity contribution in [1.82, 2.24) is 15.0 Å². The summed E-state index contributed by atoms with van der Waals surface area (Å²) in [5, 5.41) is 0.659. The number of anilines is 1. The lowest BCUT2D eigenvalue weighted by Gasteiger charge is -2.14. The van der Waals surface area contributed by atoms with E-state index in [4.69, 9.17) is 19.6 Å². The van der Waals surface area contributed by atoms with Crippen LogP contribution in [-0.4, -0.2) is 29.2 Å². The molecule has 4 aromatic rings. The molecule has 1 aromatic carbocycles. The van der Waals surface area contributed by atoms with Gasteiger partial charge >= 0.3 is 0 Å². The van der Waals surface area contributed by atoms with E-state index in [1.54, 1.807) is 20.5 Å². The minimum Gasteiger partial charge on any atom is -0.493 e. The van der Waals surface area contributed by atoms with Gasteiger partial charge in [-0.25, -0.2) is 15.0 Å². The number of ether oxygens (including phenoxy) is 2. The van der Waals surface area contributed by atoms with Crippen molar-refractivity contribution in [1.29, 1.82) is 0 Å². The first-order valence-corrected chi connectivity index (χ1v) is 8.78. The van der Waals surface area contributed by atoms with Gasteiger partial charge in [-0.1, -0.05) is 0 Å². The molecule has 8 heteroatoms. The summed E-state index contributed by atoms with van der Waals surface area (Å²) in [6.07, 6.45) is 2.99. The lowest BCUT2D eigenvalue weighted by atomic mass is 10.0. The molecule has 0 aliphatic heterocycles. The highest BCUT2D eigenvalue weighted by molar-refractivity contribution is 9.10. The van der Waals surface area contributed by atoms with Gasteiger partial charge < -0.3 is 19.6 Å². The third-order valence-corrected chi connectivity index (χ3v) is 4.74. The molecule has 0 radical (unpaired) electrons. The van der Waals surface area contributed by atoms with E-state index in [0.29, 0.717) is 39.8 Å². The first kappa shape index (κ1) is 17.3. The van der Waals surface area contributed by atoms with Crippen molar-refractivity contribution in [3.8, 4) is 34.1 Å². The molecule has 7 nitrogen and oxygen atoms in total. The summed E-state index contributed by atoms with van der Waals surface area (Å²) in [6, 6.07) is 9.34. The van der Waals surface area contributed by atoms with E-state index in [1.807, 2.05) is 30.3 Å². The van der Waals surface area contributed by atoms with Gasteiger partial charge in [0.1, 0.15) is 17.8 Å². The Hall–Kier alpha value is -3.13. The van der Waals surface area contributed by atoms with Gasteiger partial charge in [0.05, 0.1) is 30.3 Å². The number of furan rings is 1. The highest BCUT2D eigenvalue weighted by Crippen LogP contribution is 2.42. The molecular formula is C19H15BrN4O3. The van der Waals surface area contributed by atoms with Crippen LogP contribution in [0, 0.1) is 0 Å². The predicted molar refractivity (Wildman–Crippen MR) is 106 cm³/mol. The van der Waals surface area contributed by atoms with Crippen molar-refractivity contribution in [3.63, 3.8) is 0 Å². The summed E-state index contributed by atoms with van der Waals surface area (Å²) >= 11 is 3.53. The summed E-state index contributed by atoms with van der Waals surface area (Å²) < 4.78 is 17.1. The largest absolute Gasteiger partial charge is 0.493 e. The average molecular weight is 427 g/mol. The van der Waals surface area contributed by atoms with Gasteiger partial charge in [0.15, 0.2) is 22.9 Å². The van der Waals surface area contributed by atoms with Crippen LogP contribution in [0.3, 0.4) is 0 Å². The lowest BCUT2D eigenvalue weighted by Crippen LogP contribution is -1.99. The Labute approximate surface area is 163 Å². The van der Waals surface area contributed by atoms with Crippen LogP contribution in [0.1, 0.15) is 0 Å². The first-order chi connectivity index (χ1) is 13.1. The molecule has 0 unspecified atom stereocenters. The van der Waals surface area contributed by atoms with E-state index in [1.165, 1.54) is 6.33 Å². The van der Waals surface area contributed by atoms with Crippen LogP contribution >= 0.6 is 15.9 Å². The molecule has 4 rings (SSSR count). The fourth-order valence-electron chi connectivity index (χ4n) is 2.94. The Morgan fingerprint density at radius 3 is 2.67 bits per heavy atom. The number of methoxy groups -OCH3 is 2. The topological polar surface area (TPSA) is 96.3 Å². The maximum atomic E-state index is 6.15. The Morgan fingerprint density at radius 1 is 1.11 bits per heavy atom. The molecule has 0 atom stereocenters. The van der Waals surface area contributed by atoms with Crippen molar-refractivity contribution in [2.24, 2.45) is 0 Å². The molecule has 0 bridgehead atoms. The van der Waals surface area contributed by atoms with Crippen LogP contribution in [0.4, 0.5) is 5.82 Å². The van der Waals surface area contributed by atoms with Crippen LogP contribution in [0.25, 0.3) is 33.6 Å². The van der Waals surface area contributed by atoms with E-state index >= 15 is 0 Å². The average Bonchev–Trinajstić information content (AvgIpc) is 3.21. The quantitative estimate of drug-likeness (QED) is 0.518. The molecule has 0 fully saturated rings. The molecule has 0 aliphatic rings. The van der Waals surface area contributed by atoms with Crippen LogP contribution < -0.4 is 15.2 Å². The van der Waals surface area contributed by atoms with E-state index in [0.717, 1.165) is 15.6 Å². The number of fused-ring (bicyclic) bond motifs is 1. The van der Waals surface area contributed by atoms with Crippen molar-refractivity contribution in [2.75, 3.05) is 20.0 Å². The van der Waals surface area contributed by atoms with Crippen LogP contribution in [0.5, 0.6) is 11.5 Å². The van der Waals surface area contributed by atoms with Crippen LogP contribution in [-0.2, 0) is 0 Å². The van der Waals surface area contributed by atoms with Crippen molar-refractivity contribution in [2.45, 2.75) is 0 Å². The van der Waals surface area contributed by atoms with Gasteiger partial charge in [0.2, 0.25) is 0 Å². The van der Waals surface area contributed by atoms with Crippen molar-refractivity contribution in [3.05, 3.63) is 47.4 Å². The summed E-state index contributed by atoms with van der Waals surface area (Å²) in [5.41, 5.74) is 8.93. The van der Waals surface area contributed by atoms with Gasteiger partial charge in [-0.3, -0.25) is 0 Å².